The van der Waals surface area contributed by atoms with Crippen molar-refractivity contribution in [2.45, 2.75) is 46.7 Å². The van der Waals surface area contributed by atoms with Crippen LogP contribution in [0, 0.1) is 13.8 Å². The van der Waals surface area contributed by atoms with E-state index in [1.807, 2.05) is 26.0 Å². The smallest absolute Gasteiger partial charge is 0.179 e. The van der Waals surface area contributed by atoms with Crippen LogP contribution in [-0.2, 0) is 0 Å². The highest BCUT2D eigenvalue weighted by Gasteiger charge is 2.27. The zero-order chi connectivity index (χ0) is 15.6. The molecule has 1 aromatic rings. The summed E-state index contributed by atoms with van der Waals surface area (Å²) in [5.41, 5.74) is 3.12. The van der Waals surface area contributed by atoms with Gasteiger partial charge in [-0.3, -0.25) is 14.6 Å². The van der Waals surface area contributed by atoms with Crippen molar-refractivity contribution >= 4 is 5.78 Å². The molecule has 116 valence electrons. The minimum atomic E-state index is -0.0280. The Bertz CT molecular complexity index is 502. The van der Waals surface area contributed by atoms with Gasteiger partial charge in [0.15, 0.2) is 5.78 Å². The Hall–Kier alpha value is -1.19. The maximum absolute atomic E-state index is 12.8. The average molecular weight is 288 g/mol. The first-order valence-corrected chi connectivity index (χ1v) is 7.99. The first kappa shape index (κ1) is 16.2. The lowest BCUT2D eigenvalue weighted by Gasteiger charge is -2.39. The summed E-state index contributed by atoms with van der Waals surface area (Å²) in [5.74, 6) is 0.259. The van der Waals surface area contributed by atoms with Crippen LogP contribution in [0.3, 0.4) is 0 Å². The molecule has 1 saturated heterocycles. The molecule has 0 amide bonds. The predicted molar refractivity (Wildman–Crippen MR) is 88.0 cm³/mol. The van der Waals surface area contributed by atoms with Crippen LogP contribution in [0.15, 0.2) is 18.2 Å². The maximum Gasteiger partial charge on any atom is 0.179 e. The fourth-order valence-electron chi connectivity index (χ4n) is 3.03. The molecule has 0 spiro atoms. The molecule has 1 aliphatic heterocycles. The summed E-state index contributed by atoms with van der Waals surface area (Å²) in [6, 6.07) is 6.71. The molecule has 0 aromatic heterocycles. The molecule has 21 heavy (non-hydrogen) atoms. The van der Waals surface area contributed by atoms with Gasteiger partial charge in [0.25, 0.3) is 0 Å². The average Bonchev–Trinajstić information content (AvgIpc) is 2.48. The Kier molecular flexibility index (Phi) is 5.17. The van der Waals surface area contributed by atoms with Crippen molar-refractivity contribution in [3.05, 3.63) is 34.9 Å². The first-order valence-electron chi connectivity index (χ1n) is 7.99. The maximum atomic E-state index is 12.8. The molecule has 1 unspecified atom stereocenters. The molecular formula is C18H28N2O. The second-order valence-electron chi connectivity index (χ2n) is 6.52. The Balaban J connectivity index is 2.05. The van der Waals surface area contributed by atoms with Crippen molar-refractivity contribution in [1.82, 2.24) is 9.80 Å². The van der Waals surface area contributed by atoms with Crippen LogP contribution >= 0.6 is 0 Å². The van der Waals surface area contributed by atoms with Gasteiger partial charge in [0.2, 0.25) is 0 Å². The van der Waals surface area contributed by atoms with Crippen LogP contribution in [0.25, 0.3) is 0 Å². The number of benzene rings is 1. The van der Waals surface area contributed by atoms with E-state index < -0.39 is 0 Å². The SMILES string of the molecule is Cc1ccc(C)c(C(=O)C(C)N2CCN(C(C)C)CC2)c1. The number of aryl methyl sites for hydroxylation is 2. The van der Waals surface area contributed by atoms with Gasteiger partial charge < -0.3 is 0 Å². The molecule has 1 fully saturated rings. The van der Waals surface area contributed by atoms with Gasteiger partial charge in [-0.1, -0.05) is 17.7 Å². The van der Waals surface area contributed by atoms with Crippen molar-refractivity contribution in [3.8, 4) is 0 Å². The highest BCUT2D eigenvalue weighted by Crippen LogP contribution is 2.17. The van der Waals surface area contributed by atoms with E-state index in [0.717, 1.165) is 42.9 Å². The summed E-state index contributed by atoms with van der Waals surface area (Å²) < 4.78 is 0. The van der Waals surface area contributed by atoms with Crippen LogP contribution in [0.1, 0.15) is 42.3 Å². The number of ketones is 1. The number of Topliss-reactive ketones (excluding diaryl/α,β-unsaturated/α-hetero) is 1. The van der Waals surface area contributed by atoms with Gasteiger partial charge in [-0.25, -0.2) is 0 Å². The molecule has 1 aliphatic rings. The summed E-state index contributed by atoms with van der Waals surface area (Å²) in [7, 11) is 0. The van der Waals surface area contributed by atoms with E-state index in [2.05, 4.69) is 36.6 Å². The highest BCUT2D eigenvalue weighted by atomic mass is 16.1. The second-order valence-corrected chi connectivity index (χ2v) is 6.52. The normalized spacial score (nSPS) is 19.0. The fraction of sp³-hybridized carbons (Fsp3) is 0.611. The molecule has 1 heterocycles. The molecule has 3 nitrogen and oxygen atoms in total. The van der Waals surface area contributed by atoms with Crippen molar-refractivity contribution in [2.24, 2.45) is 0 Å². The zero-order valence-corrected chi connectivity index (χ0v) is 14.0. The number of hydrogen-bond acceptors (Lipinski definition) is 3. The Morgan fingerprint density at radius 3 is 2.14 bits per heavy atom. The van der Waals surface area contributed by atoms with Crippen molar-refractivity contribution in [1.29, 1.82) is 0 Å². The van der Waals surface area contributed by atoms with Crippen LogP contribution in [0.2, 0.25) is 0 Å². The second kappa shape index (κ2) is 6.71. The number of hydrogen-bond donors (Lipinski definition) is 0. The standard InChI is InChI=1S/C18H28N2O/c1-13(2)19-8-10-20(11-9-19)16(5)18(21)17-12-14(3)6-7-15(17)4/h6-7,12-13,16H,8-11H2,1-5H3. The minimum absolute atomic E-state index is 0.0280. The Morgan fingerprint density at radius 2 is 1.57 bits per heavy atom. The third-order valence-electron chi connectivity index (χ3n) is 4.66. The van der Waals surface area contributed by atoms with Crippen molar-refractivity contribution < 1.29 is 4.79 Å². The summed E-state index contributed by atoms with van der Waals surface area (Å²) in [6.07, 6.45) is 0. The van der Waals surface area contributed by atoms with Gasteiger partial charge in [0.05, 0.1) is 6.04 Å². The molecule has 0 N–H and O–H groups in total. The minimum Gasteiger partial charge on any atom is -0.298 e. The monoisotopic (exact) mass is 288 g/mol. The topological polar surface area (TPSA) is 23.6 Å². The zero-order valence-electron chi connectivity index (χ0n) is 14.0. The Morgan fingerprint density at radius 1 is 1.00 bits per heavy atom. The van der Waals surface area contributed by atoms with Crippen molar-refractivity contribution in [3.63, 3.8) is 0 Å². The molecule has 3 heteroatoms. The molecule has 0 bridgehead atoms. The fourth-order valence-corrected chi connectivity index (χ4v) is 3.03. The molecule has 1 atom stereocenters. The molecular weight excluding hydrogens is 260 g/mol. The van der Waals surface area contributed by atoms with E-state index in [0.29, 0.717) is 6.04 Å². The van der Waals surface area contributed by atoms with Crippen molar-refractivity contribution in [2.75, 3.05) is 26.2 Å². The summed E-state index contributed by atoms with van der Waals surface area (Å²) in [5, 5.41) is 0. The molecule has 0 aliphatic carbocycles. The van der Waals surface area contributed by atoms with E-state index in [1.165, 1.54) is 0 Å². The van der Waals surface area contributed by atoms with Gasteiger partial charge in [-0.2, -0.15) is 0 Å². The largest absolute Gasteiger partial charge is 0.298 e. The number of carbonyl (C=O) groups excluding carboxylic acids is 1. The summed E-state index contributed by atoms with van der Waals surface area (Å²) in [6.45, 7) is 14.7. The van der Waals surface area contributed by atoms with E-state index >= 15 is 0 Å². The third kappa shape index (κ3) is 3.72. The van der Waals surface area contributed by atoms with Gasteiger partial charge in [-0.05, 0) is 46.2 Å². The van der Waals surface area contributed by atoms with Gasteiger partial charge in [0.1, 0.15) is 0 Å². The lowest BCUT2D eigenvalue weighted by Crippen LogP contribution is -2.53. The number of carbonyl (C=O) groups is 1. The molecule has 2 rings (SSSR count). The van der Waals surface area contributed by atoms with Crippen LogP contribution in [0.4, 0.5) is 0 Å². The van der Waals surface area contributed by atoms with E-state index in [1.54, 1.807) is 0 Å². The third-order valence-corrected chi connectivity index (χ3v) is 4.66. The lowest BCUT2D eigenvalue weighted by atomic mass is 9.97. The van der Waals surface area contributed by atoms with E-state index in [9.17, 15) is 4.79 Å². The quantitative estimate of drug-likeness (QED) is 0.796. The first-order chi connectivity index (χ1) is 9.90. The number of rotatable bonds is 4. The van der Waals surface area contributed by atoms with Crippen LogP contribution in [0.5, 0.6) is 0 Å². The molecule has 0 radical (unpaired) electrons. The highest BCUT2D eigenvalue weighted by molar-refractivity contribution is 6.01. The number of piperazine rings is 1. The predicted octanol–water partition coefficient (Wildman–Crippen LogP) is 2.90. The summed E-state index contributed by atoms with van der Waals surface area (Å²) in [4.78, 5) is 17.6. The lowest BCUT2D eigenvalue weighted by molar-refractivity contribution is 0.0638. The molecule has 1 aromatic carbocycles. The van der Waals surface area contributed by atoms with Gasteiger partial charge in [-0.15, -0.1) is 0 Å². The van der Waals surface area contributed by atoms with E-state index in [-0.39, 0.29) is 11.8 Å². The molecule has 0 saturated carbocycles. The van der Waals surface area contributed by atoms with Gasteiger partial charge >= 0.3 is 0 Å². The number of nitrogens with zero attached hydrogens (tertiary/aromatic N) is 2. The van der Waals surface area contributed by atoms with Gasteiger partial charge in [0, 0.05) is 37.8 Å². The van der Waals surface area contributed by atoms with Crippen LogP contribution < -0.4 is 0 Å². The Labute approximate surface area is 128 Å². The van der Waals surface area contributed by atoms with Crippen LogP contribution in [-0.4, -0.2) is 53.8 Å². The van der Waals surface area contributed by atoms with E-state index in [4.69, 9.17) is 0 Å². The summed E-state index contributed by atoms with van der Waals surface area (Å²) >= 11 is 0.